The highest BCUT2D eigenvalue weighted by Gasteiger charge is 2.19. The first-order valence-corrected chi connectivity index (χ1v) is 8.65. The number of imidazole rings is 1. The summed E-state index contributed by atoms with van der Waals surface area (Å²) in [4.78, 5) is 37.5. The summed E-state index contributed by atoms with van der Waals surface area (Å²) in [6.45, 7) is 0.777. The third-order valence-electron chi connectivity index (χ3n) is 3.23. The molecule has 116 valence electrons. The van der Waals surface area contributed by atoms with Crippen LogP contribution in [-0.4, -0.2) is 44.2 Å². The highest BCUT2D eigenvalue weighted by atomic mass is 31.2. The normalized spacial score (nSPS) is 14.7. The summed E-state index contributed by atoms with van der Waals surface area (Å²) in [5.41, 5.74) is 0.544. The van der Waals surface area contributed by atoms with E-state index >= 15 is 0 Å². The molecule has 0 aromatic carbocycles. The molecule has 1 aliphatic heterocycles. The van der Waals surface area contributed by atoms with Crippen molar-refractivity contribution in [2.45, 2.75) is 32.2 Å². The predicted molar refractivity (Wildman–Crippen MR) is 78.9 cm³/mol. The number of carbonyl (C=O) groups is 1. The van der Waals surface area contributed by atoms with Crippen LogP contribution in [0, 0.1) is 0 Å². The Kier molecular flexibility index (Phi) is 5.27. The number of hydrogen-bond acceptors (Lipinski definition) is 5. The van der Waals surface area contributed by atoms with Gasteiger partial charge in [-0.15, -0.1) is 0 Å². The zero-order valence-electron chi connectivity index (χ0n) is 11.6. The molecular formula is C12H19N4O4P. The summed E-state index contributed by atoms with van der Waals surface area (Å²) in [6, 6.07) is 0. The van der Waals surface area contributed by atoms with Gasteiger partial charge in [0.25, 0.3) is 0 Å². The Balaban J connectivity index is 1.79. The molecule has 1 aromatic heterocycles. The quantitative estimate of drug-likeness (QED) is 0.515. The number of anilines is 1. The van der Waals surface area contributed by atoms with E-state index in [1.54, 1.807) is 6.33 Å². The number of aryl methyl sites for hydroxylation is 1. The van der Waals surface area contributed by atoms with Crippen LogP contribution in [0.3, 0.4) is 0 Å². The second-order valence-corrected chi connectivity index (χ2v) is 6.75. The minimum atomic E-state index is -3.87. The second kappa shape index (κ2) is 6.98. The number of ketones is 1. The largest absolute Gasteiger partial charge is 0.330 e. The number of aliphatic imine (C=N–C) groups is 1. The van der Waals surface area contributed by atoms with Crippen LogP contribution in [0.4, 0.5) is 5.82 Å². The van der Waals surface area contributed by atoms with Crippen molar-refractivity contribution in [3.8, 4) is 0 Å². The lowest BCUT2D eigenvalue weighted by Gasteiger charge is -2.07. The molecule has 0 saturated carbocycles. The lowest BCUT2D eigenvalue weighted by atomic mass is 10.2. The highest BCUT2D eigenvalue weighted by Crippen LogP contribution is 2.35. The summed E-state index contributed by atoms with van der Waals surface area (Å²) in [7, 11) is -3.87. The van der Waals surface area contributed by atoms with Gasteiger partial charge in [0.05, 0.1) is 12.7 Å². The maximum absolute atomic E-state index is 11.9. The molecule has 1 aliphatic rings. The van der Waals surface area contributed by atoms with Gasteiger partial charge in [-0.25, -0.2) is 4.98 Å². The molecule has 8 nitrogen and oxygen atoms in total. The molecule has 0 atom stereocenters. The number of hydrogen-bond donors (Lipinski definition) is 3. The van der Waals surface area contributed by atoms with E-state index in [0.29, 0.717) is 24.5 Å². The second-order valence-electron chi connectivity index (χ2n) is 4.97. The third-order valence-corrected chi connectivity index (χ3v) is 4.13. The van der Waals surface area contributed by atoms with Crippen LogP contribution in [0.25, 0.3) is 0 Å². The van der Waals surface area contributed by atoms with Gasteiger partial charge in [0.2, 0.25) is 5.78 Å². The first-order valence-electron chi connectivity index (χ1n) is 6.85. The Morgan fingerprint density at radius 3 is 2.81 bits per heavy atom. The number of carbonyl (C=O) groups excluding carboxylic acids is 1. The van der Waals surface area contributed by atoms with Crippen LogP contribution >= 0.6 is 7.60 Å². The number of aromatic nitrogens is 2. The number of nitrogens with one attached hydrogen (secondary N) is 1. The number of unbranched alkanes of at least 4 members (excludes halogenated alkanes) is 3. The van der Waals surface area contributed by atoms with Crippen molar-refractivity contribution in [2.75, 3.05) is 18.0 Å². The van der Waals surface area contributed by atoms with E-state index in [-0.39, 0.29) is 18.5 Å². The number of nitrogens with zero attached hydrogens (tertiary/aromatic N) is 3. The summed E-state index contributed by atoms with van der Waals surface area (Å²) >= 11 is 0. The molecule has 9 heteroatoms. The van der Waals surface area contributed by atoms with Crippen LogP contribution in [-0.2, 0) is 11.1 Å². The monoisotopic (exact) mass is 314 g/mol. The maximum Gasteiger partial charge on any atom is 0.325 e. The van der Waals surface area contributed by atoms with Crippen molar-refractivity contribution in [3.05, 3.63) is 12.0 Å². The molecule has 0 fully saturated rings. The first-order chi connectivity index (χ1) is 9.97. The van der Waals surface area contributed by atoms with Crippen molar-refractivity contribution in [3.63, 3.8) is 0 Å². The van der Waals surface area contributed by atoms with E-state index in [1.165, 1.54) is 6.34 Å². The van der Waals surface area contributed by atoms with Crippen molar-refractivity contribution in [2.24, 2.45) is 4.99 Å². The highest BCUT2D eigenvalue weighted by molar-refractivity contribution is 7.51. The molecule has 0 spiro atoms. The van der Waals surface area contributed by atoms with Crippen LogP contribution in [0.15, 0.2) is 11.3 Å². The summed E-state index contributed by atoms with van der Waals surface area (Å²) in [5, 5.41) is 2.87. The fraction of sp³-hybridized carbons (Fsp3) is 0.583. The van der Waals surface area contributed by atoms with Gasteiger partial charge in [0.15, 0.2) is 5.82 Å². The van der Waals surface area contributed by atoms with Gasteiger partial charge in [-0.1, -0.05) is 12.8 Å². The van der Waals surface area contributed by atoms with Gasteiger partial charge in [-0.3, -0.25) is 14.4 Å². The Hall–Kier alpha value is -1.50. The minimum absolute atomic E-state index is 0.0623. The van der Waals surface area contributed by atoms with Gasteiger partial charge in [0.1, 0.15) is 12.2 Å². The zero-order valence-corrected chi connectivity index (χ0v) is 12.5. The first kappa shape index (κ1) is 15.9. The predicted octanol–water partition coefficient (Wildman–Crippen LogP) is 1.26. The van der Waals surface area contributed by atoms with Crippen LogP contribution in [0.5, 0.6) is 0 Å². The summed E-state index contributed by atoms with van der Waals surface area (Å²) in [6.07, 6.45) is 6.00. The van der Waals surface area contributed by atoms with Crippen LogP contribution < -0.4 is 5.32 Å². The fourth-order valence-electron chi connectivity index (χ4n) is 2.21. The number of fused-ring (bicyclic) bond motifs is 1. The standard InChI is InChI=1S/C12H19N4O4P/c17-10-7-13-8-14-12-11(10)16(9-15-12)5-3-1-2-4-6-21(18,19)20/h8-9H,1-7H2,(H,13,14)(H2,18,19,20). The van der Waals surface area contributed by atoms with E-state index in [0.717, 1.165) is 19.3 Å². The van der Waals surface area contributed by atoms with Crippen molar-refractivity contribution in [1.82, 2.24) is 9.55 Å². The van der Waals surface area contributed by atoms with Gasteiger partial charge >= 0.3 is 7.60 Å². The summed E-state index contributed by atoms with van der Waals surface area (Å²) < 4.78 is 12.5. The Morgan fingerprint density at radius 2 is 2.05 bits per heavy atom. The van der Waals surface area contributed by atoms with Gasteiger partial charge < -0.3 is 19.7 Å². The van der Waals surface area contributed by atoms with Crippen molar-refractivity contribution in [1.29, 1.82) is 0 Å². The molecule has 0 saturated heterocycles. The molecule has 0 unspecified atom stereocenters. The van der Waals surface area contributed by atoms with E-state index < -0.39 is 7.60 Å². The van der Waals surface area contributed by atoms with Gasteiger partial charge in [-0.05, 0) is 12.8 Å². The zero-order chi connectivity index (χ0) is 15.3. The molecular weight excluding hydrogens is 295 g/mol. The lowest BCUT2D eigenvalue weighted by Crippen LogP contribution is -2.11. The molecule has 2 rings (SSSR count). The van der Waals surface area contributed by atoms with Gasteiger partial charge in [-0.2, -0.15) is 0 Å². The van der Waals surface area contributed by atoms with E-state index in [2.05, 4.69) is 15.3 Å². The molecule has 0 aliphatic carbocycles. The number of rotatable bonds is 7. The fourth-order valence-corrected chi connectivity index (χ4v) is 2.85. The lowest BCUT2D eigenvalue weighted by molar-refractivity contribution is 0.0994. The van der Waals surface area contributed by atoms with Crippen molar-refractivity contribution < 1.29 is 19.1 Å². The Bertz CT molecular complexity index is 578. The topological polar surface area (TPSA) is 117 Å². The Morgan fingerprint density at radius 1 is 1.29 bits per heavy atom. The van der Waals surface area contributed by atoms with Crippen LogP contribution in [0.2, 0.25) is 0 Å². The molecule has 1 aromatic rings. The van der Waals surface area contributed by atoms with Crippen molar-refractivity contribution >= 4 is 25.5 Å². The molecule has 0 amide bonds. The van der Waals surface area contributed by atoms with Crippen LogP contribution in [0.1, 0.15) is 36.2 Å². The third kappa shape index (κ3) is 4.77. The average Bonchev–Trinajstić information content (AvgIpc) is 2.71. The smallest absolute Gasteiger partial charge is 0.325 e. The minimum Gasteiger partial charge on any atom is -0.330 e. The molecule has 2 heterocycles. The molecule has 0 radical (unpaired) electrons. The van der Waals surface area contributed by atoms with Gasteiger partial charge in [0, 0.05) is 12.7 Å². The maximum atomic E-state index is 11.9. The van der Waals surface area contributed by atoms with E-state index in [9.17, 15) is 9.36 Å². The van der Waals surface area contributed by atoms with E-state index in [1.807, 2.05) is 4.57 Å². The average molecular weight is 314 g/mol. The molecule has 21 heavy (non-hydrogen) atoms. The molecule has 3 N–H and O–H groups in total. The Labute approximate surface area is 122 Å². The van der Waals surface area contributed by atoms with E-state index in [4.69, 9.17) is 9.79 Å². The summed E-state index contributed by atoms with van der Waals surface area (Å²) in [5.74, 6) is 0.466. The number of Topliss-reactive ketones (excluding diaryl/α,β-unsaturated/α-hetero) is 1. The molecule has 0 bridgehead atoms. The SMILES string of the molecule is O=C1CN=CNc2ncn(CCCCCCP(=O)(O)O)c21.